The van der Waals surface area contributed by atoms with Crippen molar-refractivity contribution in [2.24, 2.45) is 0 Å². The predicted octanol–water partition coefficient (Wildman–Crippen LogP) is 2.83. The average molecular weight is 300 g/mol. The summed E-state index contributed by atoms with van der Waals surface area (Å²) in [6.45, 7) is -0.464. The zero-order valence-corrected chi connectivity index (χ0v) is 12.5. The standard InChI is InChI=1S/C16H17FN4O/c1-20(2)12-3-5-13(6-4-12)21-18-15-8-7-14(22-10-9-17)11-16(15)19-21/h3-8,11H,9-10H2,1-2H3. The molecule has 22 heavy (non-hydrogen) atoms. The number of ether oxygens (including phenoxy) is 1. The zero-order chi connectivity index (χ0) is 15.5. The minimum absolute atomic E-state index is 0.0473. The lowest BCUT2D eigenvalue weighted by Crippen LogP contribution is -2.08. The second-order valence-electron chi connectivity index (χ2n) is 5.09. The Kier molecular flexibility index (Phi) is 3.91. The van der Waals surface area contributed by atoms with Crippen molar-refractivity contribution >= 4 is 16.7 Å². The van der Waals surface area contributed by atoms with E-state index in [2.05, 4.69) is 10.2 Å². The van der Waals surface area contributed by atoms with Gasteiger partial charge < -0.3 is 9.64 Å². The van der Waals surface area contributed by atoms with Crippen LogP contribution in [0.25, 0.3) is 16.7 Å². The maximum absolute atomic E-state index is 12.1. The van der Waals surface area contributed by atoms with Gasteiger partial charge in [0.1, 0.15) is 30.1 Å². The molecule has 5 nitrogen and oxygen atoms in total. The maximum atomic E-state index is 12.1. The van der Waals surface area contributed by atoms with E-state index in [1.54, 1.807) is 16.9 Å². The first kappa shape index (κ1) is 14.3. The first-order valence-corrected chi connectivity index (χ1v) is 7.01. The zero-order valence-electron chi connectivity index (χ0n) is 12.5. The largest absolute Gasteiger partial charge is 0.491 e. The van der Waals surface area contributed by atoms with Crippen LogP contribution in [-0.4, -0.2) is 42.4 Å². The van der Waals surface area contributed by atoms with Gasteiger partial charge in [0, 0.05) is 25.8 Å². The van der Waals surface area contributed by atoms with Crippen molar-refractivity contribution in [3.05, 3.63) is 42.5 Å². The van der Waals surface area contributed by atoms with Crippen LogP contribution in [0.15, 0.2) is 42.5 Å². The van der Waals surface area contributed by atoms with E-state index >= 15 is 0 Å². The summed E-state index contributed by atoms with van der Waals surface area (Å²) in [7, 11) is 3.99. The van der Waals surface area contributed by atoms with Crippen LogP contribution in [-0.2, 0) is 0 Å². The summed E-state index contributed by atoms with van der Waals surface area (Å²) in [6.07, 6.45) is 0. The van der Waals surface area contributed by atoms with Crippen molar-refractivity contribution in [1.29, 1.82) is 0 Å². The molecule has 0 fully saturated rings. The van der Waals surface area contributed by atoms with E-state index < -0.39 is 6.67 Å². The molecule has 1 aromatic heterocycles. The smallest absolute Gasteiger partial charge is 0.123 e. The number of benzene rings is 2. The van der Waals surface area contributed by atoms with Crippen LogP contribution in [0.2, 0.25) is 0 Å². The first-order valence-electron chi connectivity index (χ1n) is 7.01. The molecule has 3 aromatic rings. The summed E-state index contributed by atoms with van der Waals surface area (Å²) in [5, 5.41) is 8.89. The fourth-order valence-electron chi connectivity index (χ4n) is 2.14. The second kappa shape index (κ2) is 6.01. The number of alkyl halides is 1. The molecule has 1 heterocycles. The molecular weight excluding hydrogens is 283 g/mol. The molecule has 114 valence electrons. The van der Waals surface area contributed by atoms with E-state index in [4.69, 9.17) is 4.74 Å². The Morgan fingerprint density at radius 2 is 1.77 bits per heavy atom. The van der Waals surface area contributed by atoms with Crippen LogP contribution in [0.3, 0.4) is 0 Å². The summed E-state index contributed by atoms with van der Waals surface area (Å²) in [6, 6.07) is 13.3. The molecule has 0 bridgehead atoms. The number of aromatic nitrogens is 3. The molecule has 0 saturated heterocycles. The summed E-state index contributed by atoms with van der Waals surface area (Å²) in [4.78, 5) is 3.62. The van der Waals surface area contributed by atoms with Gasteiger partial charge in [0.15, 0.2) is 0 Å². The van der Waals surface area contributed by atoms with E-state index in [0.717, 1.165) is 16.9 Å². The van der Waals surface area contributed by atoms with Gasteiger partial charge in [-0.15, -0.1) is 10.2 Å². The van der Waals surface area contributed by atoms with Gasteiger partial charge in [-0.25, -0.2) is 4.39 Å². The van der Waals surface area contributed by atoms with Crippen LogP contribution in [0.1, 0.15) is 0 Å². The molecule has 0 spiro atoms. The number of hydrogen-bond acceptors (Lipinski definition) is 4. The van der Waals surface area contributed by atoms with Gasteiger partial charge in [0.2, 0.25) is 0 Å². The van der Waals surface area contributed by atoms with E-state index in [1.165, 1.54) is 0 Å². The molecule has 0 aliphatic carbocycles. The number of nitrogens with zero attached hydrogens (tertiary/aromatic N) is 4. The van der Waals surface area contributed by atoms with Gasteiger partial charge in [-0.3, -0.25) is 0 Å². The van der Waals surface area contributed by atoms with Crippen molar-refractivity contribution in [2.75, 3.05) is 32.3 Å². The molecule has 0 unspecified atom stereocenters. The summed E-state index contributed by atoms with van der Waals surface area (Å²) in [5.41, 5.74) is 3.48. The lowest BCUT2D eigenvalue weighted by Gasteiger charge is -2.12. The summed E-state index contributed by atoms with van der Waals surface area (Å²) >= 11 is 0. The van der Waals surface area contributed by atoms with Crippen LogP contribution < -0.4 is 9.64 Å². The molecule has 0 radical (unpaired) electrons. The van der Waals surface area contributed by atoms with Crippen LogP contribution >= 0.6 is 0 Å². The predicted molar refractivity (Wildman–Crippen MR) is 84.7 cm³/mol. The van der Waals surface area contributed by atoms with Gasteiger partial charge in [0.25, 0.3) is 0 Å². The van der Waals surface area contributed by atoms with Crippen molar-refractivity contribution in [2.45, 2.75) is 0 Å². The quantitative estimate of drug-likeness (QED) is 0.727. The highest BCUT2D eigenvalue weighted by atomic mass is 19.1. The van der Waals surface area contributed by atoms with Crippen molar-refractivity contribution in [3.8, 4) is 11.4 Å². The Morgan fingerprint density at radius 1 is 1.05 bits per heavy atom. The van der Waals surface area contributed by atoms with Crippen molar-refractivity contribution in [3.63, 3.8) is 0 Å². The van der Waals surface area contributed by atoms with Gasteiger partial charge in [-0.1, -0.05) is 0 Å². The number of halogens is 1. The summed E-state index contributed by atoms with van der Waals surface area (Å²) < 4.78 is 17.4. The molecule has 0 aliphatic rings. The molecule has 0 aliphatic heterocycles. The molecule has 0 saturated carbocycles. The minimum Gasteiger partial charge on any atom is -0.491 e. The third-order valence-electron chi connectivity index (χ3n) is 3.29. The normalized spacial score (nSPS) is 10.9. The SMILES string of the molecule is CN(C)c1ccc(-n2nc3ccc(OCCF)cc3n2)cc1. The molecule has 0 amide bonds. The van der Waals surface area contributed by atoms with Gasteiger partial charge in [-0.2, -0.15) is 4.80 Å². The Morgan fingerprint density at radius 3 is 2.45 bits per heavy atom. The lowest BCUT2D eigenvalue weighted by molar-refractivity contribution is 0.273. The lowest BCUT2D eigenvalue weighted by atomic mass is 10.3. The third-order valence-corrected chi connectivity index (χ3v) is 3.29. The fourth-order valence-corrected chi connectivity index (χ4v) is 2.14. The van der Waals surface area contributed by atoms with E-state index in [-0.39, 0.29) is 6.61 Å². The number of rotatable bonds is 5. The third kappa shape index (κ3) is 2.86. The highest BCUT2D eigenvalue weighted by Crippen LogP contribution is 2.20. The van der Waals surface area contributed by atoms with E-state index in [9.17, 15) is 4.39 Å². The van der Waals surface area contributed by atoms with Gasteiger partial charge >= 0.3 is 0 Å². The second-order valence-corrected chi connectivity index (χ2v) is 5.09. The average Bonchev–Trinajstić information content (AvgIpc) is 2.96. The van der Waals surface area contributed by atoms with Crippen LogP contribution in [0, 0.1) is 0 Å². The van der Waals surface area contributed by atoms with Crippen molar-refractivity contribution in [1.82, 2.24) is 15.0 Å². The molecule has 3 rings (SSSR count). The Balaban J connectivity index is 1.90. The van der Waals surface area contributed by atoms with Gasteiger partial charge in [0.05, 0.1) is 5.69 Å². The van der Waals surface area contributed by atoms with E-state index in [1.807, 2.05) is 49.3 Å². The Hall–Kier alpha value is -2.63. The monoisotopic (exact) mass is 300 g/mol. The molecule has 2 aromatic carbocycles. The topological polar surface area (TPSA) is 43.2 Å². The van der Waals surface area contributed by atoms with Crippen LogP contribution in [0.4, 0.5) is 10.1 Å². The molecule has 0 N–H and O–H groups in total. The molecular formula is C16H17FN4O. The maximum Gasteiger partial charge on any atom is 0.123 e. The Bertz CT molecular complexity index is 767. The van der Waals surface area contributed by atoms with Gasteiger partial charge in [-0.05, 0) is 36.4 Å². The first-order chi connectivity index (χ1) is 10.7. The molecule has 6 heteroatoms. The highest BCUT2D eigenvalue weighted by molar-refractivity contribution is 5.75. The van der Waals surface area contributed by atoms with Crippen molar-refractivity contribution < 1.29 is 9.13 Å². The highest BCUT2D eigenvalue weighted by Gasteiger charge is 2.06. The summed E-state index contributed by atoms with van der Waals surface area (Å²) in [5.74, 6) is 0.597. The van der Waals surface area contributed by atoms with Crippen LogP contribution in [0.5, 0.6) is 5.75 Å². The molecule has 0 atom stereocenters. The Labute approximate surface area is 127 Å². The number of fused-ring (bicyclic) bond motifs is 1. The minimum atomic E-state index is -0.511. The number of hydrogen-bond donors (Lipinski definition) is 0. The number of anilines is 1. The van der Waals surface area contributed by atoms with E-state index in [0.29, 0.717) is 11.3 Å². The fraction of sp³-hybridized carbons (Fsp3) is 0.250.